The standard InChI is InChI=1S/C14H12F3IO2/c15-14(16,17)9-5-7-10(8-6-9)20-13(19)11-3-1-2-4-12(11)18/h1-5,7,9-10H,6,8H2/t9-,10-/m0/s1. The highest BCUT2D eigenvalue weighted by Crippen LogP contribution is 2.34. The zero-order valence-corrected chi connectivity index (χ0v) is 12.5. The third-order valence-electron chi connectivity index (χ3n) is 3.09. The molecule has 1 aliphatic carbocycles. The minimum Gasteiger partial charge on any atom is -0.455 e. The molecule has 2 nitrogen and oxygen atoms in total. The highest BCUT2D eigenvalue weighted by molar-refractivity contribution is 14.1. The molecule has 108 valence electrons. The van der Waals surface area contributed by atoms with Gasteiger partial charge in [0, 0.05) is 3.57 Å². The number of benzene rings is 1. The fourth-order valence-corrected chi connectivity index (χ4v) is 2.60. The third-order valence-corrected chi connectivity index (χ3v) is 4.03. The molecule has 0 bridgehead atoms. The minimum atomic E-state index is -4.22. The molecule has 0 amide bonds. The number of halogens is 4. The average molecular weight is 396 g/mol. The molecule has 1 aliphatic rings. The molecule has 0 radical (unpaired) electrons. The van der Waals surface area contributed by atoms with Crippen molar-refractivity contribution in [3.05, 3.63) is 45.6 Å². The number of alkyl halides is 3. The van der Waals surface area contributed by atoms with Gasteiger partial charge < -0.3 is 4.74 Å². The lowest BCUT2D eigenvalue weighted by atomic mass is 9.94. The van der Waals surface area contributed by atoms with E-state index in [0.717, 1.165) is 9.65 Å². The van der Waals surface area contributed by atoms with E-state index in [4.69, 9.17) is 4.74 Å². The third kappa shape index (κ3) is 3.74. The quantitative estimate of drug-likeness (QED) is 0.422. The van der Waals surface area contributed by atoms with E-state index in [1.807, 2.05) is 22.6 Å². The number of hydrogen-bond donors (Lipinski definition) is 0. The first-order valence-corrected chi connectivity index (χ1v) is 7.16. The first-order valence-electron chi connectivity index (χ1n) is 6.08. The van der Waals surface area contributed by atoms with E-state index >= 15 is 0 Å². The maximum Gasteiger partial charge on any atom is 0.395 e. The van der Waals surface area contributed by atoms with E-state index in [0.29, 0.717) is 5.56 Å². The fraction of sp³-hybridized carbons (Fsp3) is 0.357. The van der Waals surface area contributed by atoms with Crippen LogP contribution in [0.5, 0.6) is 0 Å². The molecule has 0 unspecified atom stereocenters. The summed E-state index contributed by atoms with van der Waals surface area (Å²) in [6.07, 6.45) is -2.26. The SMILES string of the molecule is O=C(O[C@H]1C=C[C@H](C(F)(F)F)CC1)c1ccccc1I. The molecule has 0 N–H and O–H groups in total. The predicted octanol–water partition coefficient (Wildman–Crippen LogP) is 4.35. The maximum absolute atomic E-state index is 12.5. The van der Waals surface area contributed by atoms with Crippen molar-refractivity contribution in [3.8, 4) is 0 Å². The molecule has 6 heteroatoms. The lowest BCUT2D eigenvalue weighted by Crippen LogP contribution is -2.28. The molecule has 0 saturated heterocycles. The molecule has 2 rings (SSSR count). The summed E-state index contributed by atoms with van der Waals surface area (Å²) in [4.78, 5) is 11.9. The summed E-state index contributed by atoms with van der Waals surface area (Å²) in [7, 11) is 0. The second kappa shape index (κ2) is 6.15. The molecule has 2 atom stereocenters. The zero-order chi connectivity index (χ0) is 14.8. The summed E-state index contributed by atoms with van der Waals surface area (Å²) < 4.78 is 43.4. The Hall–Kier alpha value is -1.05. The van der Waals surface area contributed by atoms with Crippen LogP contribution in [0, 0.1) is 9.49 Å². The van der Waals surface area contributed by atoms with Gasteiger partial charge in [-0.3, -0.25) is 0 Å². The Labute approximate surface area is 128 Å². The van der Waals surface area contributed by atoms with Gasteiger partial charge in [-0.25, -0.2) is 4.79 Å². The molecule has 0 saturated carbocycles. The maximum atomic E-state index is 12.5. The normalized spacial score (nSPS) is 22.6. The van der Waals surface area contributed by atoms with Crippen LogP contribution >= 0.6 is 22.6 Å². The van der Waals surface area contributed by atoms with E-state index in [2.05, 4.69) is 0 Å². The lowest BCUT2D eigenvalue weighted by Gasteiger charge is -2.24. The molecule has 0 aromatic heterocycles. The Morgan fingerprint density at radius 1 is 1.20 bits per heavy atom. The van der Waals surface area contributed by atoms with E-state index in [1.54, 1.807) is 24.3 Å². The fourth-order valence-electron chi connectivity index (χ4n) is 1.99. The zero-order valence-electron chi connectivity index (χ0n) is 10.4. The molecule has 1 aromatic rings. The van der Waals surface area contributed by atoms with Crippen molar-refractivity contribution in [2.45, 2.75) is 25.1 Å². The summed E-state index contributed by atoms with van der Waals surface area (Å²) in [6, 6.07) is 6.92. The van der Waals surface area contributed by atoms with Gasteiger partial charge in [-0.2, -0.15) is 13.2 Å². The second-order valence-corrected chi connectivity index (χ2v) is 5.70. The van der Waals surface area contributed by atoms with Crippen molar-refractivity contribution in [3.63, 3.8) is 0 Å². The lowest BCUT2D eigenvalue weighted by molar-refractivity contribution is -0.165. The Kier molecular flexibility index (Phi) is 4.72. The van der Waals surface area contributed by atoms with Gasteiger partial charge in [0.15, 0.2) is 0 Å². The van der Waals surface area contributed by atoms with Crippen LogP contribution in [0.4, 0.5) is 13.2 Å². The molecule has 0 spiro atoms. The first-order chi connectivity index (χ1) is 9.38. The van der Waals surface area contributed by atoms with E-state index < -0.39 is 24.2 Å². The van der Waals surface area contributed by atoms with Crippen LogP contribution in [0.2, 0.25) is 0 Å². The second-order valence-electron chi connectivity index (χ2n) is 4.53. The minimum absolute atomic E-state index is 0.0518. The number of rotatable bonds is 2. The van der Waals surface area contributed by atoms with Gasteiger partial charge in [0.1, 0.15) is 6.10 Å². The Morgan fingerprint density at radius 2 is 1.90 bits per heavy atom. The number of allylic oxidation sites excluding steroid dienone is 1. The van der Waals surface area contributed by atoms with Crippen molar-refractivity contribution < 1.29 is 22.7 Å². The van der Waals surface area contributed by atoms with Gasteiger partial charge in [-0.1, -0.05) is 18.2 Å². The van der Waals surface area contributed by atoms with Crippen LogP contribution in [0.15, 0.2) is 36.4 Å². The summed E-state index contributed by atoms with van der Waals surface area (Å²) in [5.41, 5.74) is 0.430. The van der Waals surface area contributed by atoms with E-state index in [9.17, 15) is 18.0 Å². The van der Waals surface area contributed by atoms with Crippen molar-refractivity contribution >= 4 is 28.6 Å². The number of ether oxygens (including phenoxy) is 1. The van der Waals surface area contributed by atoms with E-state index in [1.165, 1.54) is 6.08 Å². The van der Waals surface area contributed by atoms with Crippen molar-refractivity contribution in [2.75, 3.05) is 0 Å². The molecule has 0 fully saturated rings. The Balaban J connectivity index is 1.99. The van der Waals surface area contributed by atoms with Crippen LogP contribution in [-0.2, 0) is 4.74 Å². The Bertz CT molecular complexity index is 525. The van der Waals surface area contributed by atoms with E-state index in [-0.39, 0.29) is 12.8 Å². The summed E-state index contributed by atoms with van der Waals surface area (Å²) in [5.74, 6) is -1.94. The van der Waals surface area contributed by atoms with Gasteiger partial charge in [0.05, 0.1) is 11.5 Å². The summed E-state index contributed by atoms with van der Waals surface area (Å²) in [6.45, 7) is 0. The van der Waals surface area contributed by atoms with Crippen molar-refractivity contribution in [1.82, 2.24) is 0 Å². The summed E-state index contributed by atoms with van der Waals surface area (Å²) >= 11 is 2.02. The number of esters is 1. The van der Waals surface area contributed by atoms with Crippen LogP contribution in [0.1, 0.15) is 23.2 Å². The number of carbonyl (C=O) groups is 1. The molecule has 0 heterocycles. The van der Waals surface area contributed by atoms with Crippen LogP contribution < -0.4 is 0 Å². The highest BCUT2D eigenvalue weighted by atomic mass is 127. The number of hydrogen-bond acceptors (Lipinski definition) is 2. The molecular formula is C14H12F3IO2. The monoisotopic (exact) mass is 396 g/mol. The van der Waals surface area contributed by atoms with Crippen LogP contribution in [0.3, 0.4) is 0 Å². The van der Waals surface area contributed by atoms with Gasteiger partial charge in [-0.05, 0) is 53.6 Å². The smallest absolute Gasteiger partial charge is 0.395 e. The number of carbonyl (C=O) groups excluding carboxylic acids is 1. The predicted molar refractivity (Wildman–Crippen MR) is 76.3 cm³/mol. The highest BCUT2D eigenvalue weighted by Gasteiger charge is 2.39. The van der Waals surface area contributed by atoms with Crippen molar-refractivity contribution in [2.24, 2.45) is 5.92 Å². The summed E-state index contributed by atoms with van der Waals surface area (Å²) in [5, 5.41) is 0. The molecule has 1 aromatic carbocycles. The van der Waals surface area contributed by atoms with Gasteiger partial charge in [0.2, 0.25) is 0 Å². The van der Waals surface area contributed by atoms with Gasteiger partial charge >= 0.3 is 12.1 Å². The topological polar surface area (TPSA) is 26.3 Å². The van der Waals surface area contributed by atoms with Crippen molar-refractivity contribution in [1.29, 1.82) is 0 Å². The molecule has 20 heavy (non-hydrogen) atoms. The Morgan fingerprint density at radius 3 is 2.45 bits per heavy atom. The first kappa shape index (κ1) is 15.3. The molecular weight excluding hydrogens is 384 g/mol. The van der Waals surface area contributed by atoms with Crippen LogP contribution in [-0.4, -0.2) is 18.2 Å². The largest absolute Gasteiger partial charge is 0.455 e. The van der Waals surface area contributed by atoms with Crippen LogP contribution in [0.25, 0.3) is 0 Å². The van der Waals surface area contributed by atoms with Gasteiger partial charge in [0.25, 0.3) is 0 Å². The van der Waals surface area contributed by atoms with Gasteiger partial charge in [-0.15, -0.1) is 0 Å². The molecule has 0 aliphatic heterocycles. The average Bonchev–Trinajstić information content (AvgIpc) is 2.38.